The number of hydrogen-bond donors (Lipinski definition) is 1. The number of nitrogens with two attached hydrogens (primary N) is 1. The van der Waals surface area contributed by atoms with E-state index < -0.39 is 0 Å². The molecule has 4 nitrogen and oxygen atoms in total. The van der Waals surface area contributed by atoms with Gasteiger partial charge < -0.3 is 15.4 Å². The summed E-state index contributed by atoms with van der Waals surface area (Å²) in [5.74, 6) is 0.905. The van der Waals surface area contributed by atoms with Gasteiger partial charge in [0.25, 0.3) is 0 Å². The maximum Gasteiger partial charge on any atom is 0.125 e. The van der Waals surface area contributed by atoms with Crippen LogP contribution in [0.2, 0.25) is 0 Å². The van der Waals surface area contributed by atoms with Crippen molar-refractivity contribution < 1.29 is 4.74 Å². The topological polar surface area (TPSA) is 41.7 Å². The lowest BCUT2D eigenvalue weighted by atomic mass is 10.0. The fraction of sp³-hybridized carbons (Fsp3) is 0.625. The summed E-state index contributed by atoms with van der Waals surface area (Å²) < 4.78 is 5.49. The molecule has 20 heavy (non-hydrogen) atoms. The zero-order valence-electron chi connectivity index (χ0n) is 12.5. The Balaban J connectivity index is 1.79. The van der Waals surface area contributed by atoms with Crippen molar-refractivity contribution in [1.29, 1.82) is 0 Å². The van der Waals surface area contributed by atoms with Gasteiger partial charge in [-0.2, -0.15) is 0 Å². The van der Waals surface area contributed by atoms with E-state index in [2.05, 4.69) is 21.9 Å². The molecular weight excluding hydrogens is 250 g/mol. The third-order valence-electron chi connectivity index (χ3n) is 4.44. The van der Waals surface area contributed by atoms with E-state index >= 15 is 0 Å². The minimum absolute atomic E-state index is 0.0115. The van der Waals surface area contributed by atoms with Crippen molar-refractivity contribution in [1.82, 2.24) is 4.90 Å². The minimum Gasteiger partial charge on any atom is -0.496 e. The van der Waals surface area contributed by atoms with Gasteiger partial charge >= 0.3 is 0 Å². The molecule has 0 aromatic heterocycles. The number of ether oxygens (including phenoxy) is 1. The van der Waals surface area contributed by atoms with Crippen LogP contribution >= 0.6 is 0 Å². The van der Waals surface area contributed by atoms with Crippen molar-refractivity contribution in [3.05, 3.63) is 23.8 Å². The van der Waals surface area contributed by atoms with E-state index in [0.717, 1.165) is 30.4 Å². The van der Waals surface area contributed by atoms with E-state index in [0.29, 0.717) is 0 Å². The summed E-state index contributed by atoms with van der Waals surface area (Å²) in [7, 11) is 1.72. The molecule has 1 heterocycles. The third kappa shape index (κ3) is 2.63. The van der Waals surface area contributed by atoms with Gasteiger partial charge in [0.1, 0.15) is 5.75 Å². The molecule has 3 rings (SSSR count). The van der Waals surface area contributed by atoms with Gasteiger partial charge in [-0.3, -0.25) is 4.90 Å². The first-order chi connectivity index (χ1) is 9.70. The largest absolute Gasteiger partial charge is 0.496 e. The number of methoxy groups -OCH3 is 1. The highest BCUT2D eigenvalue weighted by atomic mass is 16.5. The van der Waals surface area contributed by atoms with Crippen LogP contribution in [0.25, 0.3) is 0 Å². The van der Waals surface area contributed by atoms with Gasteiger partial charge in [-0.05, 0) is 31.9 Å². The molecule has 1 aliphatic carbocycles. The van der Waals surface area contributed by atoms with Gasteiger partial charge in [-0.1, -0.05) is 6.07 Å². The molecule has 0 spiro atoms. The maximum absolute atomic E-state index is 6.17. The van der Waals surface area contributed by atoms with E-state index in [1.807, 2.05) is 13.0 Å². The molecule has 110 valence electrons. The van der Waals surface area contributed by atoms with Crippen LogP contribution in [-0.4, -0.2) is 44.2 Å². The first-order valence-electron chi connectivity index (χ1n) is 7.62. The third-order valence-corrected chi connectivity index (χ3v) is 4.44. The van der Waals surface area contributed by atoms with Crippen LogP contribution in [0.15, 0.2) is 18.2 Å². The van der Waals surface area contributed by atoms with Crippen molar-refractivity contribution in [2.45, 2.75) is 31.8 Å². The van der Waals surface area contributed by atoms with E-state index in [1.165, 1.54) is 31.6 Å². The van der Waals surface area contributed by atoms with Crippen molar-refractivity contribution in [2.75, 3.05) is 38.2 Å². The lowest BCUT2D eigenvalue weighted by Gasteiger charge is -2.37. The second-order valence-corrected chi connectivity index (χ2v) is 5.94. The van der Waals surface area contributed by atoms with E-state index in [9.17, 15) is 0 Å². The molecule has 1 atom stereocenters. The summed E-state index contributed by atoms with van der Waals surface area (Å²) in [6, 6.07) is 7.10. The summed E-state index contributed by atoms with van der Waals surface area (Å²) in [4.78, 5) is 5.09. The normalized spacial score (nSPS) is 21.9. The average Bonchev–Trinajstić information content (AvgIpc) is 3.31. The quantitative estimate of drug-likeness (QED) is 0.912. The number of piperazine rings is 1. The smallest absolute Gasteiger partial charge is 0.125 e. The molecule has 0 bridgehead atoms. The Hall–Kier alpha value is -1.26. The molecule has 2 fully saturated rings. The summed E-state index contributed by atoms with van der Waals surface area (Å²) in [6.45, 7) is 6.54. The Labute approximate surface area is 121 Å². The van der Waals surface area contributed by atoms with Crippen LogP contribution < -0.4 is 15.4 Å². The second-order valence-electron chi connectivity index (χ2n) is 5.94. The Kier molecular flexibility index (Phi) is 3.85. The average molecular weight is 275 g/mol. The maximum atomic E-state index is 6.17. The Morgan fingerprint density at radius 2 is 1.90 bits per heavy atom. The number of anilines is 1. The van der Waals surface area contributed by atoms with Crippen LogP contribution in [0.1, 0.15) is 31.4 Å². The molecule has 2 aliphatic rings. The summed E-state index contributed by atoms with van der Waals surface area (Å²) in [6.07, 6.45) is 2.79. The molecule has 1 unspecified atom stereocenters. The zero-order valence-corrected chi connectivity index (χ0v) is 12.5. The summed E-state index contributed by atoms with van der Waals surface area (Å²) >= 11 is 0. The van der Waals surface area contributed by atoms with Gasteiger partial charge in [0, 0.05) is 49.5 Å². The van der Waals surface area contributed by atoms with Gasteiger partial charge in [-0.25, -0.2) is 0 Å². The van der Waals surface area contributed by atoms with Gasteiger partial charge in [0.15, 0.2) is 0 Å². The fourth-order valence-corrected chi connectivity index (χ4v) is 3.21. The Morgan fingerprint density at radius 3 is 2.45 bits per heavy atom. The SMILES string of the molecule is COc1cccc(N2CCN(C3CC3)CC2)c1C(C)N. The van der Waals surface area contributed by atoms with Crippen molar-refractivity contribution >= 4 is 5.69 Å². The van der Waals surface area contributed by atoms with Gasteiger partial charge in [0.05, 0.1) is 7.11 Å². The van der Waals surface area contributed by atoms with Crippen LogP contribution in [0.5, 0.6) is 5.75 Å². The molecule has 1 aromatic carbocycles. The molecule has 2 N–H and O–H groups in total. The van der Waals surface area contributed by atoms with Gasteiger partial charge in [0.2, 0.25) is 0 Å². The van der Waals surface area contributed by atoms with E-state index in [-0.39, 0.29) is 6.04 Å². The molecule has 1 aromatic rings. The Bertz CT molecular complexity index is 463. The minimum atomic E-state index is -0.0115. The molecule has 1 saturated carbocycles. The molecular formula is C16H25N3O. The molecule has 1 aliphatic heterocycles. The van der Waals surface area contributed by atoms with Crippen LogP contribution in [0, 0.1) is 0 Å². The number of nitrogens with zero attached hydrogens (tertiary/aromatic N) is 2. The number of rotatable bonds is 4. The zero-order chi connectivity index (χ0) is 14.1. The number of hydrogen-bond acceptors (Lipinski definition) is 4. The van der Waals surface area contributed by atoms with Crippen molar-refractivity contribution in [3.8, 4) is 5.75 Å². The first kappa shape index (κ1) is 13.7. The molecule has 0 amide bonds. The second kappa shape index (κ2) is 5.62. The van der Waals surface area contributed by atoms with Crippen LogP contribution in [0.4, 0.5) is 5.69 Å². The number of benzene rings is 1. The highest BCUT2D eigenvalue weighted by molar-refractivity contribution is 5.61. The predicted molar refractivity (Wildman–Crippen MR) is 82.4 cm³/mol. The van der Waals surface area contributed by atoms with E-state index in [4.69, 9.17) is 10.5 Å². The monoisotopic (exact) mass is 275 g/mol. The van der Waals surface area contributed by atoms with Crippen LogP contribution in [-0.2, 0) is 0 Å². The van der Waals surface area contributed by atoms with Crippen molar-refractivity contribution in [3.63, 3.8) is 0 Å². The summed E-state index contributed by atoms with van der Waals surface area (Å²) in [5.41, 5.74) is 8.55. The lowest BCUT2D eigenvalue weighted by Crippen LogP contribution is -2.47. The fourth-order valence-electron chi connectivity index (χ4n) is 3.21. The lowest BCUT2D eigenvalue weighted by molar-refractivity contribution is 0.248. The van der Waals surface area contributed by atoms with E-state index in [1.54, 1.807) is 7.11 Å². The van der Waals surface area contributed by atoms with Crippen LogP contribution in [0.3, 0.4) is 0 Å². The molecule has 4 heteroatoms. The summed E-state index contributed by atoms with van der Waals surface area (Å²) in [5, 5.41) is 0. The van der Waals surface area contributed by atoms with Gasteiger partial charge in [-0.15, -0.1) is 0 Å². The highest BCUT2D eigenvalue weighted by Gasteiger charge is 2.31. The Morgan fingerprint density at radius 1 is 1.20 bits per heavy atom. The molecule has 1 saturated heterocycles. The highest BCUT2D eigenvalue weighted by Crippen LogP contribution is 2.35. The first-order valence-corrected chi connectivity index (χ1v) is 7.62. The predicted octanol–water partition coefficient (Wildman–Crippen LogP) is 2.00. The standard InChI is InChI=1S/C16H25N3O/c1-12(17)16-14(4-3-5-15(16)20-2)19-10-8-18(9-11-19)13-6-7-13/h3-5,12-13H,6-11,17H2,1-2H3. The molecule has 0 radical (unpaired) electrons. The van der Waals surface area contributed by atoms with Crippen molar-refractivity contribution in [2.24, 2.45) is 5.73 Å².